The Labute approximate surface area is 91.7 Å². The van der Waals surface area contributed by atoms with Crippen molar-refractivity contribution in [3.8, 4) is 0 Å². The van der Waals surface area contributed by atoms with Crippen molar-refractivity contribution in [3.63, 3.8) is 0 Å². The quantitative estimate of drug-likeness (QED) is 0.459. The molecule has 1 aromatic rings. The first-order valence-corrected chi connectivity index (χ1v) is 5.00. The molecule has 0 radical (unpaired) electrons. The van der Waals surface area contributed by atoms with Gasteiger partial charge in [0.05, 0.1) is 6.61 Å². The highest BCUT2D eigenvalue weighted by molar-refractivity contribution is 9.10. The van der Waals surface area contributed by atoms with Crippen molar-refractivity contribution >= 4 is 21.7 Å². The van der Waals surface area contributed by atoms with Crippen LogP contribution in [0.1, 0.15) is 10.4 Å². The average molecular weight is 255 g/mol. The van der Waals surface area contributed by atoms with Crippen LogP contribution >= 0.6 is 15.9 Å². The van der Waals surface area contributed by atoms with Crippen molar-refractivity contribution in [1.82, 2.24) is 0 Å². The van der Waals surface area contributed by atoms with Crippen molar-refractivity contribution in [2.45, 2.75) is 0 Å². The number of carbonyl (C=O) groups excluding carboxylic acids is 1. The fourth-order valence-electron chi connectivity index (χ4n) is 0.980. The highest BCUT2D eigenvalue weighted by atomic mass is 79.9. The minimum atomic E-state index is -0.0202. The van der Waals surface area contributed by atoms with Gasteiger partial charge in [0.15, 0.2) is 5.78 Å². The lowest BCUT2D eigenvalue weighted by atomic mass is 10.1. The Kier molecular flexibility index (Phi) is 4.56. The van der Waals surface area contributed by atoms with E-state index in [0.717, 1.165) is 4.47 Å². The third-order valence-corrected chi connectivity index (χ3v) is 2.11. The van der Waals surface area contributed by atoms with Gasteiger partial charge in [-0.15, -0.1) is 6.58 Å². The molecule has 0 unspecified atom stereocenters. The van der Waals surface area contributed by atoms with E-state index in [9.17, 15) is 4.79 Å². The second-order valence-corrected chi connectivity index (χ2v) is 3.65. The number of Topliss-reactive ketones (excluding diaryl/α,β-unsaturated/α-hetero) is 1. The Hall–Kier alpha value is -0.930. The molecule has 0 aliphatic carbocycles. The van der Waals surface area contributed by atoms with Gasteiger partial charge in [-0.05, 0) is 12.1 Å². The smallest absolute Gasteiger partial charge is 0.188 e. The third kappa shape index (κ3) is 3.44. The summed E-state index contributed by atoms with van der Waals surface area (Å²) in [5.74, 6) is -0.0202. The maximum absolute atomic E-state index is 11.5. The van der Waals surface area contributed by atoms with Gasteiger partial charge in [-0.25, -0.2) is 0 Å². The number of carbonyl (C=O) groups is 1. The second kappa shape index (κ2) is 5.73. The minimum Gasteiger partial charge on any atom is -0.369 e. The Morgan fingerprint density at radius 2 is 2.36 bits per heavy atom. The molecule has 0 bridgehead atoms. The fourth-order valence-corrected chi connectivity index (χ4v) is 1.38. The van der Waals surface area contributed by atoms with Crippen LogP contribution in [0.3, 0.4) is 0 Å². The molecule has 2 nitrogen and oxygen atoms in total. The van der Waals surface area contributed by atoms with E-state index >= 15 is 0 Å². The fraction of sp³-hybridized carbons (Fsp3) is 0.182. The van der Waals surface area contributed by atoms with E-state index in [2.05, 4.69) is 22.5 Å². The molecule has 1 rings (SSSR count). The van der Waals surface area contributed by atoms with Crippen LogP contribution in [-0.4, -0.2) is 19.0 Å². The lowest BCUT2D eigenvalue weighted by Gasteiger charge is -2.01. The first kappa shape index (κ1) is 11.1. The zero-order valence-corrected chi connectivity index (χ0v) is 9.29. The number of hydrogen-bond acceptors (Lipinski definition) is 2. The van der Waals surface area contributed by atoms with Gasteiger partial charge in [-0.2, -0.15) is 0 Å². The van der Waals surface area contributed by atoms with Crippen LogP contribution < -0.4 is 0 Å². The number of rotatable bonds is 5. The van der Waals surface area contributed by atoms with Crippen LogP contribution in [-0.2, 0) is 4.74 Å². The van der Waals surface area contributed by atoms with Gasteiger partial charge in [0, 0.05) is 10.0 Å². The first-order valence-electron chi connectivity index (χ1n) is 4.21. The zero-order chi connectivity index (χ0) is 10.4. The summed E-state index contributed by atoms with van der Waals surface area (Å²) in [7, 11) is 0. The highest BCUT2D eigenvalue weighted by Gasteiger charge is 2.04. The SMILES string of the molecule is C=CCOCC(=O)c1cccc(Br)c1. The topological polar surface area (TPSA) is 26.3 Å². The van der Waals surface area contributed by atoms with Gasteiger partial charge < -0.3 is 4.74 Å². The highest BCUT2D eigenvalue weighted by Crippen LogP contribution is 2.12. The molecule has 0 saturated carbocycles. The molecule has 0 N–H and O–H groups in total. The van der Waals surface area contributed by atoms with Crippen LogP contribution in [0, 0.1) is 0 Å². The van der Waals surface area contributed by atoms with E-state index in [1.807, 2.05) is 12.1 Å². The monoisotopic (exact) mass is 254 g/mol. The molecule has 0 amide bonds. The molecule has 0 aliphatic heterocycles. The largest absolute Gasteiger partial charge is 0.369 e. The molecule has 0 fully saturated rings. The molecule has 1 aromatic carbocycles. The molecule has 0 heterocycles. The average Bonchev–Trinajstić information content (AvgIpc) is 2.18. The van der Waals surface area contributed by atoms with Crippen molar-refractivity contribution in [3.05, 3.63) is 47.0 Å². The number of ketones is 1. The number of hydrogen-bond donors (Lipinski definition) is 0. The summed E-state index contributed by atoms with van der Waals surface area (Å²) >= 11 is 3.30. The third-order valence-electron chi connectivity index (χ3n) is 1.62. The van der Waals surface area contributed by atoms with Gasteiger partial charge >= 0.3 is 0 Å². The van der Waals surface area contributed by atoms with E-state index in [1.165, 1.54) is 0 Å². The van der Waals surface area contributed by atoms with E-state index < -0.39 is 0 Å². The Morgan fingerprint density at radius 3 is 3.00 bits per heavy atom. The van der Waals surface area contributed by atoms with E-state index in [4.69, 9.17) is 4.74 Å². The van der Waals surface area contributed by atoms with E-state index in [0.29, 0.717) is 12.2 Å². The summed E-state index contributed by atoms with van der Waals surface area (Å²) in [6, 6.07) is 7.25. The van der Waals surface area contributed by atoms with Crippen LogP contribution in [0.5, 0.6) is 0 Å². The standard InChI is InChI=1S/C11H11BrO2/c1-2-6-14-8-11(13)9-4-3-5-10(12)7-9/h2-5,7H,1,6,8H2. The summed E-state index contributed by atoms with van der Waals surface area (Å²) in [4.78, 5) is 11.5. The maximum Gasteiger partial charge on any atom is 0.188 e. The summed E-state index contributed by atoms with van der Waals surface area (Å²) in [5, 5.41) is 0. The van der Waals surface area contributed by atoms with Crippen molar-refractivity contribution in [2.24, 2.45) is 0 Å². The summed E-state index contributed by atoms with van der Waals surface area (Å²) in [6.07, 6.45) is 1.62. The van der Waals surface area contributed by atoms with E-state index in [1.54, 1.807) is 18.2 Å². The molecule has 0 saturated heterocycles. The number of benzene rings is 1. The molecule has 3 heteroatoms. The van der Waals surface area contributed by atoms with Crippen LogP contribution in [0.4, 0.5) is 0 Å². The summed E-state index contributed by atoms with van der Waals surface area (Å²) in [6.45, 7) is 4.00. The molecular weight excluding hydrogens is 244 g/mol. The predicted octanol–water partition coefficient (Wildman–Crippen LogP) is 2.83. The predicted molar refractivity (Wildman–Crippen MR) is 59.5 cm³/mol. The number of ether oxygens (including phenoxy) is 1. The van der Waals surface area contributed by atoms with Gasteiger partial charge in [-0.1, -0.05) is 34.1 Å². The Morgan fingerprint density at radius 1 is 1.57 bits per heavy atom. The lowest BCUT2D eigenvalue weighted by molar-refractivity contribution is 0.0806. The summed E-state index contributed by atoms with van der Waals surface area (Å²) in [5.41, 5.74) is 0.656. The number of halogens is 1. The molecule has 74 valence electrons. The lowest BCUT2D eigenvalue weighted by Crippen LogP contribution is -2.08. The van der Waals surface area contributed by atoms with Gasteiger partial charge in [0.25, 0.3) is 0 Å². The molecule has 0 aliphatic rings. The molecule has 0 aromatic heterocycles. The Balaban J connectivity index is 2.56. The van der Waals surface area contributed by atoms with Crippen LogP contribution in [0.15, 0.2) is 41.4 Å². The molecule has 0 spiro atoms. The maximum atomic E-state index is 11.5. The van der Waals surface area contributed by atoms with Crippen LogP contribution in [0.2, 0.25) is 0 Å². The van der Waals surface area contributed by atoms with Gasteiger partial charge in [-0.3, -0.25) is 4.79 Å². The van der Waals surface area contributed by atoms with Crippen molar-refractivity contribution in [2.75, 3.05) is 13.2 Å². The van der Waals surface area contributed by atoms with Crippen molar-refractivity contribution in [1.29, 1.82) is 0 Å². The molecule has 14 heavy (non-hydrogen) atoms. The minimum absolute atomic E-state index is 0.0202. The van der Waals surface area contributed by atoms with E-state index in [-0.39, 0.29) is 12.4 Å². The van der Waals surface area contributed by atoms with Gasteiger partial charge in [0.1, 0.15) is 6.61 Å². The van der Waals surface area contributed by atoms with Crippen molar-refractivity contribution < 1.29 is 9.53 Å². The Bertz CT molecular complexity index is 334. The van der Waals surface area contributed by atoms with Crippen LogP contribution in [0.25, 0.3) is 0 Å². The zero-order valence-electron chi connectivity index (χ0n) is 7.70. The normalized spacial score (nSPS) is 9.79. The summed E-state index contributed by atoms with van der Waals surface area (Å²) < 4.78 is 5.95. The first-order chi connectivity index (χ1) is 6.74. The molecular formula is C11H11BrO2. The molecule has 0 atom stereocenters. The van der Waals surface area contributed by atoms with Gasteiger partial charge in [0.2, 0.25) is 0 Å². The second-order valence-electron chi connectivity index (χ2n) is 2.74.